The second kappa shape index (κ2) is 8.60. The van der Waals surface area contributed by atoms with Crippen LogP contribution in [0.5, 0.6) is 0 Å². The van der Waals surface area contributed by atoms with Crippen LogP contribution in [0.25, 0.3) is 11.0 Å². The van der Waals surface area contributed by atoms with Crippen LogP contribution < -0.4 is 15.1 Å². The molecule has 1 aromatic carbocycles. The maximum Gasteiger partial charge on any atom is 0.333 e. The number of aromatic nitrogens is 5. The second-order valence-electron chi connectivity index (χ2n) is 7.64. The number of hydrogen-bond donors (Lipinski definition) is 2. The molecule has 10 heteroatoms. The molecule has 0 unspecified atom stereocenters. The molecule has 0 bridgehead atoms. The number of benzene rings is 1. The molecule has 0 atom stereocenters. The van der Waals surface area contributed by atoms with Crippen molar-refractivity contribution in [2.45, 2.75) is 0 Å². The van der Waals surface area contributed by atoms with Crippen molar-refractivity contribution in [1.29, 1.82) is 0 Å². The molecule has 4 aromatic rings. The SMILES string of the molecule is CN1CCN(c2ccc(NC(=O)N(c3ccccc3)c3ncc4cn[nH]c4n3)cn2)CC1. The molecule has 0 radical (unpaired) electrons. The van der Waals surface area contributed by atoms with Gasteiger partial charge in [-0.3, -0.25) is 5.10 Å². The van der Waals surface area contributed by atoms with Crippen LogP contribution in [-0.2, 0) is 0 Å². The number of carbonyl (C=O) groups is 1. The number of nitrogens with zero attached hydrogens (tertiary/aromatic N) is 7. The molecule has 162 valence electrons. The smallest absolute Gasteiger partial charge is 0.333 e. The van der Waals surface area contributed by atoms with Crippen LogP contribution in [0, 0.1) is 0 Å². The van der Waals surface area contributed by atoms with E-state index in [4.69, 9.17) is 0 Å². The van der Waals surface area contributed by atoms with Crippen molar-refractivity contribution in [3.63, 3.8) is 0 Å². The number of nitrogens with one attached hydrogen (secondary N) is 2. The fourth-order valence-electron chi connectivity index (χ4n) is 3.60. The van der Waals surface area contributed by atoms with Crippen molar-refractivity contribution in [3.05, 3.63) is 61.1 Å². The van der Waals surface area contributed by atoms with Crippen LogP contribution in [0.15, 0.2) is 61.1 Å². The van der Waals surface area contributed by atoms with E-state index in [2.05, 4.69) is 47.3 Å². The topological polar surface area (TPSA) is 106 Å². The molecule has 32 heavy (non-hydrogen) atoms. The van der Waals surface area contributed by atoms with Crippen LogP contribution in [-0.4, -0.2) is 69.3 Å². The Balaban J connectivity index is 1.38. The Kier molecular flexibility index (Phi) is 5.34. The zero-order chi connectivity index (χ0) is 21.9. The lowest BCUT2D eigenvalue weighted by molar-refractivity contribution is 0.258. The van der Waals surface area contributed by atoms with E-state index in [0.29, 0.717) is 17.0 Å². The number of anilines is 4. The van der Waals surface area contributed by atoms with E-state index in [0.717, 1.165) is 37.4 Å². The van der Waals surface area contributed by atoms with Crippen LogP contribution in [0.4, 0.5) is 27.9 Å². The number of hydrogen-bond acceptors (Lipinski definition) is 7. The molecular weight excluding hydrogens is 406 g/mol. The van der Waals surface area contributed by atoms with Crippen LogP contribution in [0.2, 0.25) is 0 Å². The number of para-hydroxylation sites is 1. The molecule has 4 heterocycles. The maximum atomic E-state index is 13.3. The van der Waals surface area contributed by atoms with E-state index in [1.54, 1.807) is 18.6 Å². The number of amides is 2. The van der Waals surface area contributed by atoms with E-state index in [9.17, 15) is 4.79 Å². The first kappa shape index (κ1) is 19.9. The summed E-state index contributed by atoms with van der Waals surface area (Å²) < 4.78 is 0. The summed E-state index contributed by atoms with van der Waals surface area (Å²) in [5.74, 6) is 1.15. The van der Waals surface area contributed by atoms with Gasteiger partial charge in [-0.1, -0.05) is 18.2 Å². The summed E-state index contributed by atoms with van der Waals surface area (Å²) in [6, 6.07) is 12.7. The van der Waals surface area contributed by atoms with Gasteiger partial charge in [0.05, 0.1) is 29.2 Å². The highest BCUT2D eigenvalue weighted by Crippen LogP contribution is 2.25. The quantitative estimate of drug-likeness (QED) is 0.514. The van der Waals surface area contributed by atoms with Crippen molar-refractivity contribution in [1.82, 2.24) is 30.0 Å². The predicted molar refractivity (Wildman–Crippen MR) is 123 cm³/mol. The van der Waals surface area contributed by atoms with Gasteiger partial charge in [-0.15, -0.1) is 0 Å². The van der Waals surface area contributed by atoms with Gasteiger partial charge in [0.1, 0.15) is 5.82 Å². The number of urea groups is 1. The number of fused-ring (bicyclic) bond motifs is 1. The first-order valence-corrected chi connectivity index (χ1v) is 10.4. The molecule has 0 spiro atoms. The number of carbonyl (C=O) groups excluding carboxylic acids is 1. The zero-order valence-electron chi connectivity index (χ0n) is 17.6. The Morgan fingerprint density at radius 3 is 2.56 bits per heavy atom. The lowest BCUT2D eigenvalue weighted by Crippen LogP contribution is -2.44. The summed E-state index contributed by atoms with van der Waals surface area (Å²) >= 11 is 0. The van der Waals surface area contributed by atoms with Gasteiger partial charge in [-0.05, 0) is 31.3 Å². The normalized spacial score (nSPS) is 14.5. The molecule has 0 aliphatic carbocycles. The minimum absolute atomic E-state index is 0.243. The van der Waals surface area contributed by atoms with Gasteiger partial charge in [0.2, 0.25) is 5.95 Å². The average Bonchev–Trinajstić information content (AvgIpc) is 3.29. The van der Waals surface area contributed by atoms with E-state index in [1.165, 1.54) is 4.90 Å². The molecule has 1 aliphatic heterocycles. The Labute approximate surface area is 184 Å². The highest BCUT2D eigenvalue weighted by atomic mass is 16.2. The van der Waals surface area contributed by atoms with Crippen LogP contribution in [0.1, 0.15) is 0 Å². The number of pyridine rings is 1. The maximum absolute atomic E-state index is 13.3. The lowest BCUT2D eigenvalue weighted by atomic mass is 10.3. The minimum Gasteiger partial charge on any atom is -0.354 e. The number of H-pyrrole nitrogens is 1. The molecule has 2 N–H and O–H groups in total. The Hall–Kier alpha value is -4.05. The fourth-order valence-corrected chi connectivity index (χ4v) is 3.60. The molecule has 10 nitrogen and oxygen atoms in total. The summed E-state index contributed by atoms with van der Waals surface area (Å²) in [5.41, 5.74) is 1.80. The number of aromatic amines is 1. The van der Waals surface area contributed by atoms with E-state index in [1.807, 2.05) is 42.5 Å². The first-order valence-electron chi connectivity index (χ1n) is 10.4. The van der Waals surface area contributed by atoms with E-state index >= 15 is 0 Å². The van der Waals surface area contributed by atoms with Gasteiger partial charge in [-0.2, -0.15) is 10.1 Å². The van der Waals surface area contributed by atoms with Crippen molar-refractivity contribution in [2.75, 3.05) is 48.3 Å². The number of likely N-dealkylation sites (N-methyl/N-ethyl adjacent to an activating group) is 1. The van der Waals surface area contributed by atoms with Crippen molar-refractivity contribution < 1.29 is 4.79 Å². The average molecular weight is 429 g/mol. The highest BCUT2D eigenvalue weighted by molar-refractivity contribution is 6.06. The Morgan fingerprint density at radius 2 is 1.81 bits per heavy atom. The van der Waals surface area contributed by atoms with Crippen molar-refractivity contribution in [3.8, 4) is 0 Å². The van der Waals surface area contributed by atoms with E-state index < -0.39 is 0 Å². The predicted octanol–water partition coefficient (Wildman–Crippen LogP) is 2.87. The van der Waals surface area contributed by atoms with Gasteiger partial charge in [0, 0.05) is 32.4 Å². The van der Waals surface area contributed by atoms with Crippen molar-refractivity contribution in [2.24, 2.45) is 0 Å². The standard InChI is InChI=1S/C22H23N9O/c1-29-9-11-30(12-10-29)19-8-7-17(15-23-19)26-22(32)31(18-5-3-2-4-6-18)21-24-13-16-14-25-28-20(16)27-21/h2-8,13-15H,9-12H2,1H3,(H,26,32)(H,24,25,27,28). The number of piperazine rings is 1. The molecule has 5 rings (SSSR count). The largest absolute Gasteiger partial charge is 0.354 e. The summed E-state index contributed by atoms with van der Waals surface area (Å²) in [6.07, 6.45) is 4.95. The molecule has 1 aliphatic rings. The molecule has 2 amide bonds. The molecular formula is C22H23N9O. The summed E-state index contributed by atoms with van der Waals surface area (Å²) in [6.45, 7) is 3.88. The lowest BCUT2D eigenvalue weighted by Gasteiger charge is -2.33. The molecule has 0 saturated carbocycles. The third kappa shape index (κ3) is 4.08. The third-order valence-electron chi connectivity index (χ3n) is 5.42. The zero-order valence-corrected chi connectivity index (χ0v) is 17.6. The molecule has 1 fully saturated rings. The number of rotatable bonds is 4. The van der Waals surface area contributed by atoms with Gasteiger partial charge >= 0.3 is 6.03 Å². The van der Waals surface area contributed by atoms with Gasteiger partial charge in [-0.25, -0.2) is 19.7 Å². The Bertz CT molecular complexity index is 1200. The second-order valence-corrected chi connectivity index (χ2v) is 7.64. The first-order chi connectivity index (χ1) is 15.7. The summed E-state index contributed by atoms with van der Waals surface area (Å²) in [5, 5.41) is 10.5. The highest BCUT2D eigenvalue weighted by Gasteiger charge is 2.22. The van der Waals surface area contributed by atoms with Crippen LogP contribution >= 0.6 is 0 Å². The van der Waals surface area contributed by atoms with Crippen LogP contribution in [0.3, 0.4) is 0 Å². The van der Waals surface area contributed by atoms with Gasteiger partial charge < -0.3 is 15.1 Å². The third-order valence-corrected chi connectivity index (χ3v) is 5.42. The van der Waals surface area contributed by atoms with Gasteiger partial charge in [0.15, 0.2) is 5.65 Å². The Morgan fingerprint density at radius 1 is 1.00 bits per heavy atom. The van der Waals surface area contributed by atoms with Crippen molar-refractivity contribution >= 4 is 40.2 Å². The molecule has 3 aromatic heterocycles. The summed E-state index contributed by atoms with van der Waals surface area (Å²) in [7, 11) is 2.12. The van der Waals surface area contributed by atoms with E-state index in [-0.39, 0.29) is 12.0 Å². The monoisotopic (exact) mass is 429 g/mol. The molecule has 1 saturated heterocycles. The minimum atomic E-state index is -0.385. The van der Waals surface area contributed by atoms with Gasteiger partial charge in [0.25, 0.3) is 0 Å². The summed E-state index contributed by atoms with van der Waals surface area (Å²) in [4.78, 5) is 32.6. The fraction of sp³-hybridized carbons (Fsp3) is 0.227.